The zero-order chi connectivity index (χ0) is 20.3. The van der Waals surface area contributed by atoms with Crippen molar-refractivity contribution >= 4 is 43.8 Å². The van der Waals surface area contributed by atoms with Crippen LogP contribution in [0.5, 0.6) is 0 Å². The average Bonchev–Trinajstić information content (AvgIpc) is 3.39. The van der Waals surface area contributed by atoms with Gasteiger partial charge in [-0.2, -0.15) is 0 Å². The molecule has 0 radical (unpaired) electrons. The van der Waals surface area contributed by atoms with Crippen molar-refractivity contribution in [2.75, 3.05) is 43.1 Å². The van der Waals surface area contributed by atoms with E-state index in [0.717, 1.165) is 59.6 Å². The van der Waals surface area contributed by atoms with E-state index in [9.17, 15) is 0 Å². The second-order valence-corrected chi connectivity index (χ2v) is 8.97. The molecule has 30 heavy (non-hydrogen) atoms. The number of hydrogen-bond acceptors (Lipinski definition) is 8. The Morgan fingerprint density at radius 2 is 1.83 bits per heavy atom. The monoisotopic (exact) mass is 437 g/mol. The summed E-state index contributed by atoms with van der Waals surface area (Å²) in [6.07, 6.45) is 2.95. The minimum absolute atomic E-state index is 0.417. The molecule has 0 unspecified atom stereocenters. The highest BCUT2D eigenvalue weighted by atomic mass is 32.1. The van der Waals surface area contributed by atoms with E-state index in [2.05, 4.69) is 44.4 Å². The molecule has 0 N–H and O–H groups in total. The molecule has 8 heteroatoms. The van der Waals surface area contributed by atoms with Gasteiger partial charge in [0.25, 0.3) is 0 Å². The van der Waals surface area contributed by atoms with Crippen LogP contribution < -0.4 is 9.80 Å². The van der Waals surface area contributed by atoms with Crippen molar-refractivity contribution in [1.82, 2.24) is 15.0 Å². The number of thiophene rings is 1. The van der Waals surface area contributed by atoms with E-state index in [1.54, 1.807) is 29.8 Å². The predicted molar refractivity (Wildman–Crippen MR) is 125 cm³/mol. The molecule has 4 heterocycles. The molecule has 0 aliphatic carbocycles. The van der Waals surface area contributed by atoms with Gasteiger partial charge in [-0.3, -0.25) is 0 Å². The Morgan fingerprint density at radius 1 is 1.00 bits per heavy atom. The molecule has 1 aromatic carbocycles. The molecular weight excluding hydrogens is 414 g/mol. The third-order valence-corrected chi connectivity index (χ3v) is 7.01. The number of nitrogens with zero attached hydrogens (tertiary/aromatic N) is 5. The Bertz CT molecular complexity index is 1110. The van der Waals surface area contributed by atoms with E-state index >= 15 is 0 Å². The molecule has 0 saturated carbocycles. The Labute approximate surface area is 183 Å². The first-order chi connectivity index (χ1) is 14.8. The average molecular weight is 438 g/mol. The highest BCUT2D eigenvalue weighted by Crippen LogP contribution is 2.38. The maximum Gasteiger partial charge on any atom is 0.185 e. The maximum absolute atomic E-state index is 5.35. The van der Waals surface area contributed by atoms with Crippen LogP contribution in [-0.2, 0) is 11.3 Å². The van der Waals surface area contributed by atoms with Gasteiger partial charge in [0.2, 0.25) is 0 Å². The molecule has 1 aliphatic rings. The lowest BCUT2D eigenvalue weighted by molar-refractivity contribution is 0.178. The molecule has 1 aliphatic heterocycles. The van der Waals surface area contributed by atoms with Gasteiger partial charge in [-0.1, -0.05) is 30.3 Å². The second-order valence-electron chi connectivity index (χ2n) is 7.23. The van der Waals surface area contributed by atoms with Gasteiger partial charge in [0.1, 0.15) is 17.3 Å². The van der Waals surface area contributed by atoms with Crippen molar-refractivity contribution in [2.24, 2.45) is 0 Å². The number of anilines is 2. The van der Waals surface area contributed by atoms with Crippen molar-refractivity contribution in [1.29, 1.82) is 0 Å². The topological polar surface area (TPSA) is 54.4 Å². The number of benzene rings is 1. The lowest BCUT2D eigenvalue weighted by Gasteiger charge is -2.24. The summed E-state index contributed by atoms with van der Waals surface area (Å²) < 4.78 is 5.35. The number of ether oxygens (including phenoxy) is 1. The third kappa shape index (κ3) is 3.78. The lowest BCUT2D eigenvalue weighted by atomic mass is 10.1. The number of rotatable bonds is 5. The van der Waals surface area contributed by atoms with E-state index in [-0.39, 0.29) is 0 Å². The van der Waals surface area contributed by atoms with Gasteiger partial charge in [0, 0.05) is 55.8 Å². The van der Waals surface area contributed by atoms with Crippen molar-refractivity contribution in [3.63, 3.8) is 0 Å². The van der Waals surface area contributed by atoms with Crippen molar-refractivity contribution in [2.45, 2.75) is 13.0 Å². The highest BCUT2D eigenvalue weighted by molar-refractivity contribution is 7.17. The van der Waals surface area contributed by atoms with E-state index < -0.39 is 0 Å². The van der Waals surface area contributed by atoms with Gasteiger partial charge < -0.3 is 14.5 Å². The molecule has 5 rings (SSSR count). The van der Waals surface area contributed by atoms with Crippen molar-refractivity contribution in [3.05, 3.63) is 53.1 Å². The molecule has 0 spiro atoms. The van der Waals surface area contributed by atoms with Gasteiger partial charge in [0.05, 0.1) is 5.39 Å². The van der Waals surface area contributed by atoms with Crippen LogP contribution in [0.15, 0.2) is 47.3 Å². The summed E-state index contributed by atoms with van der Waals surface area (Å²) in [5.74, 6) is 1.76. The van der Waals surface area contributed by atoms with E-state index in [1.165, 1.54) is 11.1 Å². The standard InChI is InChI=1S/C22H23N5OS2/c1-28-14-18-24-20(26-9-5-10-27(12-11-26)22-23-8-13-29-22)19-17(15-30-21(19)25-18)16-6-3-2-4-7-16/h2-4,6-8,13,15H,5,9-12,14H2,1H3. The molecule has 0 bridgehead atoms. The van der Waals surface area contributed by atoms with Gasteiger partial charge >= 0.3 is 0 Å². The first-order valence-corrected chi connectivity index (χ1v) is 11.8. The SMILES string of the molecule is COCc1nc(N2CCCN(c3nccs3)CC2)c2c(-c3ccccc3)csc2n1. The number of aromatic nitrogens is 3. The van der Waals surface area contributed by atoms with Crippen LogP contribution in [0.4, 0.5) is 10.9 Å². The van der Waals surface area contributed by atoms with Crippen LogP contribution in [-0.4, -0.2) is 48.2 Å². The molecule has 0 atom stereocenters. The number of thiazole rings is 1. The van der Waals surface area contributed by atoms with Crippen LogP contribution in [0.1, 0.15) is 12.2 Å². The van der Waals surface area contributed by atoms with Crippen LogP contribution in [0.3, 0.4) is 0 Å². The zero-order valence-electron chi connectivity index (χ0n) is 16.8. The normalized spacial score (nSPS) is 15.0. The maximum atomic E-state index is 5.35. The summed E-state index contributed by atoms with van der Waals surface area (Å²) in [5, 5.41) is 6.49. The van der Waals surface area contributed by atoms with Gasteiger partial charge in [-0.25, -0.2) is 15.0 Å². The second kappa shape index (κ2) is 8.67. The van der Waals surface area contributed by atoms with Crippen LogP contribution in [0.2, 0.25) is 0 Å². The largest absolute Gasteiger partial charge is 0.377 e. The quantitative estimate of drug-likeness (QED) is 0.452. The summed E-state index contributed by atoms with van der Waals surface area (Å²) in [7, 11) is 1.69. The summed E-state index contributed by atoms with van der Waals surface area (Å²) in [5.41, 5.74) is 2.41. The molecule has 3 aromatic heterocycles. The summed E-state index contributed by atoms with van der Waals surface area (Å²) in [6.45, 7) is 4.23. The number of hydrogen-bond donors (Lipinski definition) is 0. The Kier molecular flexibility index (Phi) is 5.61. The molecule has 154 valence electrons. The van der Waals surface area contributed by atoms with E-state index in [1.807, 2.05) is 17.6 Å². The van der Waals surface area contributed by atoms with Crippen molar-refractivity contribution < 1.29 is 4.74 Å². The first kappa shape index (κ1) is 19.4. The lowest BCUT2D eigenvalue weighted by Crippen LogP contribution is -2.31. The molecule has 6 nitrogen and oxygen atoms in total. The first-order valence-electron chi connectivity index (χ1n) is 10.1. The van der Waals surface area contributed by atoms with Crippen LogP contribution in [0.25, 0.3) is 21.3 Å². The fraction of sp³-hybridized carbons (Fsp3) is 0.318. The zero-order valence-corrected chi connectivity index (χ0v) is 18.5. The minimum atomic E-state index is 0.417. The molecular formula is C22H23N5OS2. The Morgan fingerprint density at radius 3 is 2.63 bits per heavy atom. The van der Waals surface area contributed by atoms with Gasteiger partial charge in [0.15, 0.2) is 11.0 Å². The minimum Gasteiger partial charge on any atom is -0.377 e. The predicted octanol–water partition coefficient (Wildman–Crippen LogP) is 4.68. The molecule has 0 amide bonds. The Balaban J connectivity index is 1.55. The smallest absolute Gasteiger partial charge is 0.185 e. The molecule has 1 saturated heterocycles. The molecule has 1 fully saturated rings. The fourth-order valence-corrected chi connectivity index (χ4v) is 5.57. The van der Waals surface area contributed by atoms with Crippen LogP contribution in [0, 0.1) is 0 Å². The van der Waals surface area contributed by atoms with Crippen molar-refractivity contribution in [3.8, 4) is 11.1 Å². The van der Waals surface area contributed by atoms with Crippen LogP contribution >= 0.6 is 22.7 Å². The highest BCUT2D eigenvalue weighted by Gasteiger charge is 2.23. The third-order valence-electron chi connectivity index (χ3n) is 5.30. The summed E-state index contributed by atoms with van der Waals surface area (Å²) in [6, 6.07) is 10.5. The van der Waals surface area contributed by atoms with E-state index in [4.69, 9.17) is 14.7 Å². The number of methoxy groups -OCH3 is 1. The van der Waals surface area contributed by atoms with Gasteiger partial charge in [-0.05, 0) is 12.0 Å². The van der Waals surface area contributed by atoms with E-state index in [0.29, 0.717) is 6.61 Å². The fourth-order valence-electron chi connectivity index (χ4n) is 3.91. The summed E-state index contributed by atoms with van der Waals surface area (Å²) >= 11 is 3.38. The summed E-state index contributed by atoms with van der Waals surface area (Å²) in [4.78, 5) is 20.1. The number of fused-ring (bicyclic) bond motifs is 1. The molecule has 4 aromatic rings. The Hall–Kier alpha value is -2.55. The van der Waals surface area contributed by atoms with Gasteiger partial charge in [-0.15, -0.1) is 22.7 Å².